The van der Waals surface area contributed by atoms with Crippen LogP contribution >= 0.6 is 23.4 Å². The van der Waals surface area contributed by atoms with Crippen molar-refractivity contribution in [2.45, 2.75) is 30.5 Å². The fourth-order valence-corrected chi connectivity index (χ4v) is 2.79. The van der Waals surface area contributed by atoms with E-state index in [2.05, 4.69) is 31.6 Å². The topological polar surface area (TPSA) is 84.1 Å². The minimum Gasteiger partial charge on any atom is -0.420 e. The van der Waals surface area contributed by atoms with Gasteiger partial charge in [-0.2, -0.15) is 0 Å². The number of anilines is 1. The molecule has 0 atom stereocenters. The summed E-state index contributed by atoms with van der Waals surface area (Å²) in [5, 5.41) is 2.97. The van der Waals surface area contributed by atoms with Gasteiger partial charge in [-0.1, -0.05) is 25.1 Å². The highest BCUT2D eigenvalue weighted by Gasteiger charge is 2.27. The lowest BCUT2D eigenvalue weighted by molar-refractivity contribution is -0.113. The summed E-state index contributed by atoms with van der Waals surface area (Å²) in [5.41, 5.74) is -2.98. The van der Waals surface area contributed by atoms with Crippen molar-refractivity contribution >= 4 is 35.0 Å². The molecule has 1 aromatic carbocycles. The zero-order chi connectivity index (χ0) is 19.2. The largest absolute Gasteiger partial charge is 0.487 e. The van der Waals surface area contributed by atoms with Crippen molar-refractivity contribution in [3.8, 4) is 5.75 Å². The highest BCUT2D eigenvalue weighted by atomic mass is 35.5. The molecule has 2 aromatic rings. The number of halogens is 3. The molecule has 0 saturated heterocycles. The van der Waals surface area contributed by atoms with E-state index < -0.39 is 5.57 Å². The van der Waals surface area contributed by atoms with Crippen LogP contribution in [0.25, 0.3) is 0 Å². The van der Waals surface area contributed by atoms with Crippen molar-refractivity contribution in [1.29, 1.82) is 0 Å². The fourth-order valence-electron chi connectivity index (χ4n) is 2.01. The SMILES string of the molecule is CCCc1cc(=O)[nH]c(SCC(=O)Nc2ccc(OC(F)(F)Cl)cc2)n1. The maximum absolute atomic E-state index is 12.5. The van der Waals surface area contributed by atoms with Crippen LogP contribution in [0.1, 0.15) is 19.0 Å². The highest BCUT2D eigenvalue weighted by molar-refractivity contribution is 7.99. The Balaban J connectivity index is 1.90. The first-order valence-corrected chi connectivity index (χ1v) is 9.00. The van der Waals surface area contributed by atoms with E-state index in [1.54, 1.807) is 0 Å². The summed E-state index contributed by atoms with van der Waals surface area (Å²) >= 11 is 5.77. The van der Waals surface area contributed by atoms with E-state index in [0.717, 1.165) is 18.2 Å². The zero-order valence-electron chi connectivity index (χ0n) is 13.7. The molecular formula is C16H16ClF2N3O3S. The molecular weight excluding hydrogens is 388 g/mol. The van der Waals surface area contributed by atoms with Crippen LogP contribution < -0.4 is 15.6 Å². The van der Waals surface area contributed by atoms with Gasteiger partial charge in [0.25, 0.3) is 5.56 Å². The van der Waals surface area contributed by atoms with Crippen LogP contribution in [0.2, 0.25) is 0 Å². The Hall–Kier alpha value is -2.13. The van der Waals surface area contributed by atoms with Gasteiger partial charge in [0.05, 0.1) is 5.75 Å². The number of nitrogens with zero attached hydrogens (tertiary/aromatic N) is 1. The number of H-pyrrole nitrogens is 1. The van der Waals surface area contributed by atoms with E-state index >= 15 is 0 Å². The molecule has 6 nitrogen and oxygen atoms in total. The molecule has 1 heterocycles. The second-order valence-corrected chi connectivity index (χ2v) is 6.60. The van der Waals surface area contributed by atoms with Gasteiger partial charge in [0, 0.05) is 29.0 Å². The predicted octanol–water partition coefficient (Wildman–Crippen LogP) is 3.62. The standard InChI is InChI=1S/C16H16ClF2N3O3S/c1-2-3-11-8-13(23)22-15(21-11)26-9-14(24)20-10-4-6-12(7-5-10)25-16(17,18)19/h4-8H,2-3,9H2,1H3,(H,20,24)(H,21,22,23). The third kappa shape index (κ3) is 7.01. The van der Waals surface area contributed by atoms with Gasteiger partial charge in [0.1, 0.15) is 5.75 Å². The van der Waals surface area contributed by atoms with Crippen molar-refractivity contribution in [2.24, 2.45) is 0 Å². The van der Waals surface area contributed by atoms with Crippen molar-refractivity contribution in [2.75, 3.05) is 11.1 Å². The van der Waals surface area contributed by atoms with Crippen LogP contribution in [0, 0.1) is 0 Å². The Labute approximate surface area is 157 Å². The number of thioether (sulfide) groups is 1. The van der Waals surface area contributed by atoms with Gasteiger partial charge in [0.15, 0.2) is 5.16 Å². The van der Waals surface area contributed by atoms with Crippen molar-refractivity contribution < 1.29 is 18.3 Å². The molecule has 0 spiro atoms. The van der Waals surface area contributed by atoms with Gasteiger partial charge in [-0.15, -0.1) is 8.78 Å². The minimum absolute atomic E-state index is 0.0243. The minimum atomic E-state index is -3.79. The molecule has 10 heteroatoms. The zero-order valence-corrected chi connectivity index (χ0v) is 15.3. The fraction of sp³-hybridized carbons (Fsp3) is 0.312. The monoisotopic (exact) mass is 403 g/mol. The summed E-state index contributed by atoms with van der Waals surface area (Å²) in [6.45, 7) is 1.98. The number of nitrogens with one attached hydrogen (secondary N) is 2. The lowest BCUT2D eigenvalue weighted by Crippen LogP contribution is -2.16. The lowest BCUT2D eigenvalue weighted by atomic mass is 10.2. The van der Waals surface area contributed by atoms with Gasteiger partial charge in [0.2, 0.25) is 5.91 Å². The molecule has 26 heavy (non-hydrogen) atoms. The maximum Gasteiger partial charge on any atom is 0.487 e. The molecule has 0 aliphatic heterocycles. The number of alkyl halides is 3. The van der Waals surface area contributed by atoms with Crippen LogP contribution in [-0.4, -0.2) is 27.2 Å². The van der Waals surface area contributed by atoms with E-state index in [4.69, 9.17) is 0 Å². The molecule has 0 radical (unpaired) electrons. The molecule has 0 aliphatic rings. The number of amides is 1. The Kier molecular flexibility index (Phi) is 6.98. The number of rotatable bonds is 8. The van der Waals surface area contributed by atoms with Crippen molar-refractivity contribution in [1.82, 2.24) is 9.97 Å². The van der Waals surface area contributed by atoms with Gasteiger partial charge < -0.3 is 15.0 Å². The van der Waals surface area contributed by atoms with Gasteiger partial charge >= 0.3 is 5.57 Å². The van der Waals surface area contributed by atoms with E-state index in [1.807, 2.05) is 6.92 Å². The summed E-state index contributed by atoms with van der Waals surface area (Å²) < 4.78 is 29.2. The smallest absolute Gasteiger partial charge is 0.420 e. The van der Waals surface area contributed by atoms with Crippen LogP contribution in [0.5, 0.6) is 5.75 Å². The molecule has 0 fully saturated rings. The second-order valence-electron chi connectivity index (χ2n) is 5.20. The predicted molar refractivity (Wildman–Crippen MR) is 96.1 cm³/mol. The summed E-state index contributed by atoms with van der Waals surface area (Å²) in [5.74, 6) is -0.446. The summed E-state index contributed by atoms with van der Waals surface area (Å²) in [7, 11) is 0. The maximum atomic E-state index is 12.5. The molecule has 2 N–H and O–H groups in total. The Morgan fingerprint density at radius 3 is 2.69 bits per heavy atom. The van der Waals surface area contributed by atoms with Crippen LogP contribution in [0.15, 0.2) is 40.3 Å². The number of hydrogen-bond donors (Lipinski definition) is 2. The number of hydrogen-bond acceptors (Lipinski definition) is 5. The van der Waals surface area contributed by atoms with Crippen LogP contribution in [-0.2, 0) is 11.2 Å². The highest BCUT2D eigenvalue weighted by Crippen LogP contribution is 2.26. The summed E-state index contributed by atoms with van der Waals surface area (Å²) in [6, 6.07) is 6.76. The number of aromatic nitrogens is 2. The van der Waals surface area contributed by atoms with E-state index in [-0.39, 0.29) is 23.0 Å². The van der Waals surface area contributed by atoms with Crippen LogP contribution in [0.4, 0.5) is 14.5 Å². The van der Waals surface area contributed by atoms with Crippen LogP contribution in [0.3, 0.4) is 0 Å². The Morgan fingerprint density at radius 1 is 1.38 bits per heavy atom. The molecule has 0 aliphatic carbocycles. The second kappa shape index (κ2) is 9.00. The normalized spacial score (nSPS) is 11.2. The third-order valence-corrected chi connectivity index (χ3v) is 3.94. The van der Waals surface area contributed by atoms with Crippen molar-refractivity contribution in [3.63, 3.8) is 0 Å². The molecule has 0 bridgehead atoms. The first kappa shape index (κ1) is 20.2. The first-order chi connectivity index (χ1) is 12.2. The number of benzene rings is 1. The number of carbonyl (C=O) groups excluding carboxylic acids is 1. The Bertz CT molecular complexity index is 810. The molecule has 140 valence electrons. The Morgan fingerprint density at radius 2 is 2.08 bits per heavy atom. The van der Waals surface area contributed by atoms with Gasteiger partial charge in [-0.25, -0.2) is 4.98 Å². The van der Waals surface area contributed by atoms with Gasteiger partial charge in [-0.05, 0) is 30.7 Å². The number of carbonyl (C=O) groups is 1. The molecule has 1 amide bonds. The average Bonchev–Trinajstić information content (AvgIpc) is 2.53. The summed E-state index contributed by atoms with van der Waals surface area (Å²) in [4.78, 5) is 30.4. The van der Waals surface area contributed by atoms with E-state index in [0.29, 0.717) is 23.0 Å². The molecule has 0 unspecified atom stereocenters. The molecule has 2 rings (SSSR count). The number of aromatic amines is 1. The molecule has 1 aromatic heterocycles. The molecule has 0 saturated carbocycles. The third-order valence-electron chi connectivity index (χ3n) is 2.99. The summed E-state index contributed by atoms with van der Waals surface area (Å²) in [6.07, 6.45) is 1.54. The number of ether oxygens (including phenoxy) is 1. The van der Waals surface area contributed by atoms with E-state index in [1.165, 1.54) is 30.3 Å². The number of aryl methyl sites for hydroxylation is 1. The first-order valence-electron chi connectivity index (χ1n) is 7.64. The van der Waals surface area contributed by atoms with E-state index in [9.17, 15) is 18.4 Å². The van der Waals surface area contributed by atoms with Gasteiger partial charge in [-0.3, -0.25) is 9.59 Å². The quantitative estimate of drug-likeness (QED) is 0.399. The lowest BCUT2D eigenvalue weighted by Gasteiger charge is -2.11. The van der Waals surface area contributed by atoms with Crippen molar-refractivity contribution in [3.05, 3.63) is 46.4 Å². The average molecular weight is 404 g/mol.